The highest BCUT2D eigenvalue weighted by molar-refractivity contribution is 6.00. The van der Waals surface area contributed by atoms with Gasteiger partial charge in [-0.1, -0.05) is 52.8 Å². The molecule has 0 bridgehead atoms. The summed E-state index contributed by atoms with van der Waals surface area (Å²) in [6.45, 7) is 0.294. The van der Waals surface area contributed by atoms with E-state index in [0.29, 0.717) is 35.6 Å². The van der Waals surface area contributed by atoms with E-state index in [1.807, 2.05) is 54.6 Å². The van der Waals surface area contributed by atoms with E-state index in [1.54, 1.807) is 11.0 Å². The van der Waals surface area contributed by atoms with Gasteiger partial charge >= 0.3 is 0 Å². The molecule has 170 valence electrons. The molecule has 1 atom stereocenters. The summed E-state index contributed by atoms with van der Waals surface area (Å²) < 4.78 is 5.40. The van der Waals surface area contributed by atoms with Gasteiger partial charge in [-0.3, -0.25) is 4.79 Å². The maximum atomic E-state index is 13.4. The monoisotopic (exact) mass is 455 g/mol. The number of likely N-dealkylation sites (tertiary alicyclic amines) is 1. The minimum Gasteiger partial charge on any atom is -0.493 e. The van der Waals surface area contributed by atoms with E-state index in [4.69, 9.17) is 9.36 Å². The number of oxime groups is 1. The number of carbonyl (C=O) groups excluding carboxylic acids is 1. The Morgan fingerprint density at radius 3 is 2.50 bits per heavy atom. The van der Waals surface area contributed by atoms with Crippen molar-refractivity contribution in [2.75, 3.05) is 13.7 Å². The third-order valence-corrected chi connectivity index (χ3v) is 5.61. The lowest BCUT2D eigenvalue weighted by molar-refractivity contribution is 0.0732. The first-order chi connectivity index (χ1) is 16.6. The number of rotatable bonds is 5. The zero-order valence-electron chi connectivity index (χ0n) is 18.3. The lowest BCUT2D eigenvalue weighted by atomic mass is 10.0. The predicted octanol–water partition coefficient (Wildman–Crippen LogP) is 4.09. The molecule has 0 aliphatic carbocycles. The molecule has 3 heterocycles. The summed E-state index contributed by atoms with van der Waals surface area (Å²) in [6.07, 6.45) is 1.87. The van der Waals surface area contributed by atoms with Crippen LogP contribution in [0.25, 0.3) is 22.6 Å². The van der Waals surface area contributed by atoms with Gasteiger partial charge in [0.05, 0.1) is 17.8 Å². The van der Waals surface area contributed by atoms with E-state index in [1.165, 1.54) is 19.4 Å². The maximum Gasteiger partial charge on any atom is 0.259 e. The minimum atomic E-state index is -0.460. The molecule has 1 aliphatic rings. The molecule has 1 unspecified atom stereocenters. The summed E-state index contributed by atoms with van der Waals surface area (Å²) in [5.74, 6) is 0.344. The average molecular weight is 455 g/mol. The smallest absolute Gasteiger partial charge is 0.259 e. The highest BCUT2D eigenvalue weighted by atomic mass is 16.6. The Morgan fingerprint density at radius 1 is 1.06 bits per heavy atom. The van der Waals surface area contributed by atoms with Gasteiger partial charge in [-0.25, -0.2) is 4.98 Å². The van der Waals surface area contributed by atoms with Crippen LogP contribution in [0.5, 0.6) is 5.88 Å². The van der Waals surface area contributed by atoms with Crippen molar-refractivity contribution >= 4 is 11.6 Å². The summed E-state index contributed by atoms with van der Waals surface area (Å²) in [6, 6.07) is 20.1. The second-order valence-corrected chi connectivity index (χ2v) is 7.80. The van der Waals surface area contributed by atoms with Crippen LogP contribution in [0.15, 0.2) is 82.6 Å². The zero-order chi connectivity index (χ0) is 23.5. The first kappa shape index (κ1) is 21.3. The van der Waals surface area contributed by atoms with Gasteiger partial charge in [0.2, 0.25) is 5.88 Å². The molecular weight excluding hydrogens is 434 g/mol. The fraction of sp³-hybridized carbons (Fsp3) is 0.160. The van der Waals surface area contributed by atoms with Crippen LogP contribution in [0.3, 0.4) is 0 Å². The van der Waals surface area contributed by atoms with Crippen molar-refractivity contribution < 1.29 is 19.3 Å². The number of hydrogen-bond acceptors (Lipinski definition) is 8. The number of carbonyl (C=O) groups is 1. The average Bonchev–Trinajstić information content (AvgIpc) is 3.53. The Hall–Kier alpha value is -4.53. The highest BCUT2D eigenvalue weighted by Crippen LogP contribution is 2.32. The summed E-state index contributed by atoms with van der Waals surface area (Å²) in [4.78, 5) is 28.4. The van der Waals surface area contributed by atoms with E-state index in [9.17, 15) is 9.90 Å². The predicted molar refractivity (Wildman–Crippen MR) is 124 cm³/mol. The van der Waals surface area contributed by atoms with Gasteiger partial charge in [0.25, 0.3) is 11.8 Å². The van der Waals surface area contributed by atoms with Gasteiger partial charge in [0, 0.05) is 24.2 Å². The molecule has 5 rings (SSSR count). The van der Waals surface area contributed by atoms with E-state index in [0.717, 1.165) is 11.1 Å². The normalized spacial score (nSPS) is 16.7. The quantitative estimate of drug-likeness (QED) is 0.451. The Balaban J connectivity index is 1.42. The van der Waals surface area contributed by atoms with Crippen LogP contribution in [0.2, 0.25) is 0 Å². The number of amides is 1. The standard InChI is InChI=1S/C25H21N5O4/c1-33-28-20-13-21(23-27-24(34-29-23)19-11-12-22(31)26-14-19)30(15-20)25(32)18-9-7-17(8-10-18)16-5-3-2-4-6-16/h2-12,14,21H,13,15H2,1H3,(H,26,31). The van der Waals surface area contributed by atoms with Gasteiger partial charge in [-0.15, -0.1) is 0 Å². The molecule has 0 radical (unpaired) electrons. The van der Waals surface area contributed by atoms with Crippen molar-refractivity contribution in [3.63, 3.8) is 0 Å². The van der Waals surface area contributed by atoms with Crippen molar-refractivity contribution in [3.8, 4) is 28.5 Å². The zero-order valence-corrected chi connectivity index (χ0v) is 18.3. The second kappa shape index (κ2) is 9.14. The molecule has 1 saturated heterocycles. The van der Waals surface area contributed by atoms with Crippen LogP contribution >= 0.6 is 0 Å². The maximum absolute atomic E-state index is 13.4. The topological polar surface area (TPSA) is 114 Å². The van der Waals surface area contributed by atoms with Crippen molar-refractivity contribution in [2.45, 2.75) is 12.5 Å². The number of hydrogen-bond donors (Lipinski definition) is 1. The molecule has 9 nitrogen and oxygen atoms in total. The molecule has 2 aromatic heterocycles. The van der Waals surface area contributed by atoms with Crippen molar-refractivity contribution in [1.29, 1.82) is 0 Å². The lowest BCUT2D eigenvalue weighted by Gasteiger charge is -2.21. The number of benzene rings is 2. The van der Waals surface area contributed by atoms with E-state index >= 15 is 0 Å². The fourth-order valence-electron chi connectivity index (χ4n) is 3.95. The van der Waals surface area contributed by atoms with Gasteiger partial charge in [-0.05, 0) is 29.3 Å². The summed E-state index contributed by atoms with van der Waals surface area (Å²) in [7, 11) is 1.47. The lowest BCUT2D eigenvalue weighted by Crippen LogP contribution is -2.31. The molecule has 2 aromatic carbocycles. The number of aromatic nitrogens is 3. The van der Waals surface area contributed by atoms with Crippen LogP contribution in [-0.2, 0) is 4.84 Å². The van der Waals surface area contributed by atoms with Crippen LogP contribution in [0, 0.1) is 0 Å². The van der Waals surface area contributed by atoms with Gasteiger partial charge < -0.3 is 19.4 Å². The molecule has 1 fully saturated rings. The summed E-state index contributed by atoms with van der Waals surface area (Å²) in [5.41, 5.74) is 3.93. The minimum absolute atomic E-state index is 0.102. The van der Waals surface area contributed by atoms with Gasteiger partial charge in [0.1, 0.15) is 13.2 Å². The SMILES string of the molecule is CON=C1CC(c2noc(-c3ccc(O)nc3)n2)N(C(=O)c2ccc(-c3ccccc3)cc2)C1. The Morgan fingerprint density at radius 2 is 1.79 bits per heavy atom. The molecule has 0 saturated carbocycles. The molecule has 1 amide bonds. The van der Waals surface area contributed by atoms with Crippen LogP contribution in [0.1, 0.15) is 28.6 Å². The van der Waals surface area contributed by atoms with Crippen molar-refractivity contribution in [1.82, 2.24) is 20.0 Å². The van der Waals surface area contributed by atoms with E-state index in [-0.39, 0.29) is 17.7 Å². The van der Waals surface area contributed by atoms with Gasteiger partial charge in [-0.2, -0.15) is 4.98 Å². The van der Waals surface area contributed by atoms with Crippen LogP contribution in [0.4, 0.5) is 0 Å². The highest BCUT2D eigenvalue weighted by Gasteiger charge is 2.38. The summed E-state index contributed by atoms with van der Waals surface area (Å²) >= 11 is 0. The van der Waals surface area contributed by atoms with Crippen LogP contribution in [-0.4, -0.2) is 50.4 Å². The largest absolute Gasteiger partial charge is 0.493 e. The first-order valence-electron chi connectivity index (χ1n) is 10.7. The summed E-state index contributed by atoms with van der Waals surface area (Å²) in [5, 5.41) is 17.6. The van der Waals surface area contributed by atoms with Gasteiger partial charge in [0.15, 0.2) is 5.82 Å². The Labute approximate surface area is 195 Å². The fourth-order valence-corrected chi connectivity index (χ4v) is 3.95. The Bertz CT molecular complexity index is 1320. The molecule has 1 aliphatic heterocycles. The third-order valence-electron chi connectivity index (χ3n) is 5.61. The second-order valence-electron chi connectivity index (χ2n) is 7.80. The van der Waals surface area contributed by atoms with Crippen LogP contribution < -0.4 is 0 Å². The number of aromatic hydroxyl groups is 1. The number of pyridine rings is 1. The molecule has 9 heteroatoms. The molecule has 34 heavy (non-hydrogen) atoms. The van der Waals surface area contributed by atoms with E-state index < -0.39 is 6.04 Å². The van der Waals surface area contributed by atoms with E-state index in [2.05, 4.69) is 20.3 Å². The molecule has 0 spiro atoms. The number of nitrogens with zero attached hydrogens (tertiary/aromatic N) is 5. The third kappa shape index (κ3) is 4.23. The molecule has 1 N–H and O–H groups in total. The van der Waals surface area contributed by atoms with Crippen molar-refractivity contribution in [2.24, 2.45) is 5.16 Å². The first-order valence-corrected chi connectivity index (χ1v) is 10.7. The molecule has 4 aromatic rings. The van der Waals surface area contributed by atoms with Crippen molar-refractivity contribution in [3.05, 3.63) is 84.3 Å². The molecular formula is C25H21N5O4. The Kier molecular flexibility index (Phi) is 5.73.